The van der Waals surface area contributed by atoms with Gasteiger partial charge < -0.3 is 26.0 Å². The number of nitrogens with two attached hydrogens (primary N) is 1. The van der Waals surface area contributed by atoms with Crippen LogP contribution in [0.1, 0.15) is 6.23 Å². The van der Waals surface area contributed by atoms with Gasteiger partial charge in [-0.15, -0.1) is 0 Å². The van der Waals surface area contributed by atoms with Gasteiger partial charge in [0.15, 0.2) is 17.4 Å². The van der Waals surface area contributed by atoms with Crippen molar-refractivity contribution in [2.24, 2.45) is 0 Å². The summed E-state index contributed by atoms with van der Waals surface area (Å²) in [6.07, 6.45) is -0.764. The summed E-state index contributed by atoms with van der Waals surface area (Å²) in [5.41, 5.74) is 4.85. The molecule has 21 heavy (non-hydrogen) atoms. The Balaban J connectivity index is 1.86. The van der Waals surface area contributed by atoms with Gasteiger partial charge in [-0.25, -0.2) is 4.98 Å². The van der Waals surface area contributed by atoms with Crippen molar-refractivity contribution in [3.05, 3.63) is 16.7 Å². The van der Waals surface area contributed by atoms with Gasteiger partial charge in [0.1, 0.15) is 17.7 Å². The number of ether oxygens (including phenoxy) is 1. The number of H-pyrrole nitrogens is 1. The number of rotatable bonds is 2. The maximum Gasteiger partial charge on any atom is 0.280 e. The SMILES string of the molecule is Nc1nc2c(ncn2C2O[C@H](CO)C(O)[C@@]23CN3)c(=O)[nH]1. The predicted octanol–water partition coefficient (Wildman–Crippen LogP) is -2.71. The van der Waals surface area contributed by atoms with E-state index in [1.807, 2.05) is 0 Å². The largest absolute Gasteiger partial charge is 0.394 e. The number of nitrogen functional groups attached to an aromatic ring is 1. The number of nitrogens with zero attached hydrogens (tertiary/aromatic N) is 3. The van der Waals surface area contributed by atoms with Gasteiger partial charge in [0, 0.05) is 6.54 Å². The minimum atomic E-state index is -0.857. The van der Waals surface area contributed by atoms with Crippen LogP contribution in [0.4, 0.5) is 5.95 Å². The van der Waals surface area contributed by atoms with E-state index in [4.69, 9.17) is 10.5 Å². The maximum atomic E-state index is 11.8. The molecule has 2 aliphatic rings. The first-order valence-corrected chi connectivity index (χ1v) is 6.48. The monoisotopic (exact) mass is 294 g/mol. The van der Waals surface area contributed by atoms with Crippen molar-refractivity contribution >= 4 is 17.1 Å². The lowest BCUT2D eigenvalue weighted by atomic mass is 10.00. The fourth-order valence-corrected chi connectivity index (χ4v) is 2.90. The first kappa shape index (κ1) is 12.7. The van der Waals surface area contributed by atoms with Crippen LogP contribution in [0.3, 0.4) is 0 Å². The van der Waals surface area contributed by atoms with Gasteiger partial charge in [0.05, 0.1) is 12.9 Å². The fraction of sp³-hybridized carbons (Fsp3) is 0.545. The third kappa shape index (κ3) is 1.58. The molecule has 0 bridgehead atoms. The zero-order valence-electron chi connectivity index (χ0n) is 10.9. The van der Waals surface area contributed by atoms with Gasteiger partial charge in [-0.3, -0.25) is 14.3 Å². The van der Waals surface area contributed by atoms with Gasteiger partial charge in [0.25, 0.3) is 5.56 Å². The van der Waals surface area contributed by atoms with E-state index in [2.05, 4.69) is 20.3 Å². The van der Waals surface area contributed by atoms with Crippen molar-refractivity contribution in [2.75, 3.05) is 18.9 Å². The molecule has 0 amide bonds. The normalized spacial score (nSPS) is 34.9. The minimum absolute atomic E-state index is 0.0238. The Bertz CT molecular complexity index is 766. The van der Waals surface area contributed by atoms with E-state index in [1.165, 1.54) is 6.33 Å². The van der Waals surface area contributed by atoms with Gasteiger partial charge in [-0.2, -0.15) is 4.98 Å². The Morgan fingerprint density at radius 2 is 2.38 bits per heavy atom. The van der Waals surface area contributed by atoms with Crippen LogP contribution in [-0.2, 0) is 4.74 Å². The van der Waals surface area contributed by atoms with Crippen molar-refractivity contribution in [2.45, 2.75) is 24.0 Å². The lowest BCUT2D eigenvalue weighted by molar-refractivity contribution is -0.0441. The topological polar surface area (TPSA) is 161 Å². The van der Waals surface area contributed by atoms with E-state index in [0.29, 0.717) is 6.54 Å². The summed E-state index contributed by atoms with van der Waals surface area (Å²) in [6.45, 7) is 0.234. The van der Waals surface area contributed by atoms with Crippen molar-refractivity contribution in [3.8, 4) is 0 Å². The molecule has 4 heterocycles. The number of imidazole rings is 1. The summed E-state index contributed by atoms with van der Waals surface area (Å²) in [6, 6.07) is 0. The molecular formula is C11H14N6O4. The second-order valence-corrected chi connectivity index (χ2v) is 5.32. The molecule has 0 aliphatic carbocycles. The molecule has 6 N–H and O–H groups in total. The number of fused-ring (bicyclic) bond motifs is 1. The molecular weight excluding hydrogens is 280 g/mol. The highest BCUT2D eigenvalue weighted by Crippen LogP contribution is 2.45. The molecule has 0 saturated carbocycles. The van der Waals surface area contributed by atoms with Crippen molar-refractivity contribution < 1.29 is 14.9 Å². The van der Waals surface area contributed by atoms with Gasteiger partial charge >= 0.3 is 0 Å². The highest BCUT2D eigenvalue weighted by molar-refractivity contribution is 5.70. The van der Waals surface area contributed by atoms with E-state index in [0.717, 1.165) is 0 Å². The molecule has 2 saturated heterocycles. The van der Waals surface area contributed by atoms with Crippen LogP contribution >= 0.6 is 0 Å². The maximum absolute atomic E-state index is 11.8. The van der Waals surface area contributed by atoms with Crippen LogP contribution in [0.5, 0.6) is 0 Å². The molecule has 0 aromatic carbocycles. The van der Waals surface area contributed by atoms with Crippen LogP contribution in [0.15, 0.2) is 11.1 Å². The molecule has 0 radical (unpaired) electrons. The molecule has 2 aliphatic heterocycles. The standard InChI is InChI=1S/C11H14N6O4/c12-10-15-7-5(8(20)16-10)13-3-17(7)9-11(2-14-11)6(19)4(1-18)21-9/h3-4,6,9,14,18-19H,1-2H2,(H3,12,15,16,20)/t4-,6?,9?,11+/m1/s1. The van der Waals surface area contributed by atoms with Crippen molar-refractivity contribution in [1.29, 1.82) is 0 Å². The minimum Gasteiger partial charge on any atom is -0.394 e. The summed E-state index contributed by atoms with van der Waals surface area (Å²) in [5.74, 6) is -0.0238. The number of hydrogen-bond acceptors (Lipinski definition) is 8. The molecule has 4 rings (SSSR count). The molecule has 112 valence electrons. The number of aromatic amines is 1. The van der Waals surface area contributed by atoms with Crippen molar-refractivity contribution in [1.82, 2.24) is 24.8 Å². The van der Waals surface area contributed by atoms with E-state index in [-0.39, 0.29) is 23.7 Å². The average molecular weight is 294 g/mol. The molecule has 2 aromatic heterocycles. The van der Waals surface area contributed by atoms with E-state index in [9.17, 15) is 15.0 Å². The van der Waals surface area contributed by atoms with E-state index in [1.54, 1.807) is 4.57 Å². The predicted molar refractivity (Wildman–Crippen MR) is 70.3 cm³/mol. The smallest absolute Gasteiger partial charge is 0.280 e. The van der Waals surface area contributed by atoms with Crippen LogP contribution < -0.4 is 16.6 Å². The molecule has 1 spiro atoms. The molecule has 2 unspecified atom stereocenters. The first-order valence-electron chi connectivity index (χ1n) is 6.48. The third-order valence-electron chi connectivity index (χ3n) is 4.09. The van der Waals surface area contributed by atoms with Crippen LogP contribution in [-0.4, -0.2) is 60.6 Å². The Kier molecular flexibility index (Phi) is 2.43. The Labute approximate surface area is 117 Å². The number of aromatic nitrogens is 4. The summed E-state index contributed by atoms with van der Waals surface area (Å²) >= 11 is 0. The second kappa shape index (κ2) is 4.01. The van der Waals surface area contributed by atoms with E-state index < -0.39 is 29.5 Å². The molecule has 2 fully saturated rings. The zero-order valence-corrected chi connectivity index (χ0v) is 10.9. The number of hydrogen-bond donors (Lipinski definition) is 5. The number of aliphatic hydroxyl groups is 2. The molecule has 2 aromatic rings. The van der Waals surface area contributed by atoms with Crippen LogP contribution in [0.25, 0.3) is 11.2 Å². The number of nitrogens with one attached hydrogen (secondary N) is 2. The van der Waals surface area contributed by atoms with Crippen molar-refractivity contribution in [3.63, 3.8) is 0 Å². The molecule has 10 heteroatoms. The van der Waals surface area contributed by atoms with Crippen LogP contribution in [0, 0.1) is 0 Å². The highest BCUT2D eigenvalue weighted by atomic mass is 16.5. The highest BCUT2D eigenvalue weighted by Gasteiger charge is 2.64. The molecule has 4 atom stereocenters. The van der Waals surface area contributed by atoms with Crippen LogP contribution in [0.2, 0.25) is 0 Å². The Hall–Kier alpha value is -2.01. The number of anilines is 1. The summed E-state index contributed by atoms with van der Waals surface area (Å²) in [4.78, 5) is 22.3. The summed E-state index contributed by atoms with van der Waals surface area (Å²) < 4.78 is 7.26. The summed E-state index contributed by atoms with van der Waals surface area (Å²) in [5, 5.41) is 22.6. The lowest BCUT2D eigenvalue weighted by Gasteiger charge is -2.19. The number of aliphatic hydroxyl groups excluding tert-OH is 2. The Morgan fingerprint density at radius 3 is 3.05 bits per heavy atom. The zero-order chi connectivity index (χ0) is 14.8. The average Bonchev–Trinajstić information content (AvgIpc) is 3.07. The fourth-order valence-electron chi connectivity index (χ4n) is 2.90. The van der Waals surface area contributed by atoms with Gasteiger partial charge in [-0.1, -0.05) is 0 Å². The summed E-state index contributed by atoms with van der Waals surface area (Å²) in [7, 11) is 0. The quantitative estimate of drug-likeness (QED) is 0.374. The first-order chi connectivity index (χ1) is 10.1. The lowest BCUT2D eigenvalue weighted by Crippen LogP contribution is -2.38. The Morgan fingerprint density at radius 1 is 1.62 bits per heavy atom. The molecule has 10 nitrogen and oxygen atoms in total. The third-order valence-corrected chi connectivity index (χ3v) is 4.09. The second-order valence-electron chi connectivity index (χ2n) is 5.32. The van der Waals surface area contributed by atoms with Gasteiger partial charge in [0.2, 0.25) is 5.95 Å². The van der Waals surface area contributed by atoms with E-state index >= 15 is 0 Å². The van der Waals surface area contributed by atoms with Gasteiger partial charge in [-0.05, 0) is 0 Å².